The van der Waals surface area contributed by atoms with Crippen LogP contribution in [0, 0.1) is 0 Å². The van der Waals surface area contributed by atoms with Crippen molar-refractivity contribution >= 4 is 0 Å². The summed E-state index contributed by atoms with van der Waals surface area (Å²) in [6, 6.07) is 13.6. The molecule has 4 aromatic carbocycles. The quantitative estimate of drug-likeness (QED) is 0.166. The van der Waals surface area contributed by atoms with Gasteiger partial charge >= 0.3 is 0 Å². The Bertz CT molecular complexity index is 1630. The van der Waals surface area contributed by atoms with Gasteiger partial charge in [0.2, 0.25) is 0 Å². The molecule has 0 aliphatic carbocycles. The molecular weight excluding hydrogens is 536 g/mol. The first kappa shape index (κ1) is 26.2. The first-order valence-corrected chi connectivity index (χ1v) is 12.7. The number of hydrogen-bond acceptors (Lipinski definition) is 11. The van der Waals surface area contributed by atoms with Gasteiger partial charge in [-0.15, -0.1) is 0 Å². The molecule has 0 saturated heterocycles. The van der Waals surface area contributed by atoms with E-state index < -0.39 is 53.3 Å². The van der Waals surface area contributed by atoms with Crippen LogP contribution in [0.3, 0.4) is 0 Å². The molecule has 0 saturated carbocycles. The minimum absolute atomic E-state index is 0.00296. The van der Waals surface area contributed by atoms with Gasteiger partial charge in [-0.2, -0.15) is 0 Å². The number of phenolic OH excluding ortho intramolecular Hbond substituents is 7. The van der Waals surface area contributed by atoms with Gasteiger partial charge in [-0.25, -0.2) is 0 Å². The lowest BCUT2D eigenvalue weighted by Crippen LogP contribution is -2.36. The van der Waals surface area contributed by atoms with Crippen LogP contribution in [0.15, 0.2) is 60.7 Å². The van der Waals surface area contributed by atoms with Crippen LogP contribution in [0.1, 0.15) is 45.9 Å². The highest BCUT2D eigenvalue weighted by atomic mass is 16.5. The third-order valence-corrected chi connectivity index (χ3v) is 7.58. The minimum atomic E-state index is -1.35. The Hall–Kier alpha value is -5.00. The summed E-state index contributed by atoms with van der Waals surface area (Å²) in [5.41, 5.74) is 1.19. The van der Waals surface area contributed by atoms with Crippen molar-refractivity contribution in [3.8, 4) is 51.7 Å². The highest BCUT2D eigenvalue weighted by molar-refractivity contribution is 5.64. The van der Waals surface area contributed by atoms with Gasteiger partial charge in [0.05, 0.1) is 6.10 Å². The predicted molar refractivity (Wildman–Crippen MR) is 142 cm³/mol. The Morgan fingerprint density at radius 2 is 1.27 bits per heavy atom. The van der Waals surface area contributed by atoms with Crippen molar-refractivity contribution in [1.29, 1.82) is 0 Å². The topological polar surface area (TPSA) is 201 Å². The Balaban J connectivity index is 1.53. The molecule has 0 spiro atoms. The lowest BCUT2D eigenvalue weighted by atomic mass is 9.78. The largest absolute Gasteiger partial charge is 0.508 e. The molecular formula is C30H26O11. The summed E-state index contributed by atoms with van der Waals surface area (Å²) in [5.74, 6) is -3.81. The van der Waals surface area contributed by atoms with E-state index in [9.17, 15) is 46.0 Å². The summed E-state index contributed by atoms with van der Waals surface area (Å²) >= 11 is 0. The SMILES string of the molecule is Oc1ccc([C@H]2Oc3cc(O)ccc3[C@@H](c3c(O)cc(O)c4c3O[C@H](c3cc(O)c(O)c(O)c3)[C@@H](O)C4)[C@@H]2O)cc1. The molecule has 2 aliphatic rings. The highest BCUT2D eigenvalue weighted by Gasteiger charge is 2.44. The number of benzene rings is 4. The fourth-order valence-corrected chi connectivity index (χ4v) is 5.63. The standard InChI is InChI=1S/C30H26O11/c31-14-3-1-12(2-4-14)29-27(39)24(16-6-5-15(32)9-23(16)40-29)25-19(34)11-18(33)17-10-22(37)28(41-30(17)25)13-7-20(35)26(38)21(36)8-13/h1-9,11,22,24,27-29,31-39H,10H2/t22-,24-,27-,28+,29+/m0/s1. The van der Waals surface area contributed by atoms with Crippen molar-refractivity contribution in [3.05, 3.63) is 88.5 Å². The molecule has 0 aromatic heterocycles. The number of phenols is 7. The second-order valence-corrected chi connectivity index (χ2v) is 10.2. The average molecular weight is 563 g/mol. The van der Waals surface area contributed by atoms with Crippen molar-refractivity contribution in [2.75, 3.05) is 0 Å². The Morgan fingerprint density at radius 3 is 1.95 bits per heavy atom. The first-order chi connectivity index (χ1) is 19.5. The number of aliphatic hydroxyl groups is 2. The van der Waals surface area contributed by atoms with Gasteiger partial charge in [0.15, 0.2) is 29.5 Å². The van der Waals surface area contributed by atoms with Gasteiger partial charge in [0.25, 0.3) is 0 Å². The monoisotopic (exact) mass is 562 g/mol. The molecule has 9 N–H and O–H groups in total. The van der Waals surface area contributed by atoms with Crippen LogP contribution < -0.4 is 9.47 Å². The van der Waals surface area contributed by atoms with Crippen LogP contribution in [-0.4, -0.2) is 58.2 Å². The third-order valence-electron chi connectivity index (χ3n) is 7.58. The molecule has 41 heavy (non-hydrogen) atoms. The van der Waals surface area contributed by atoms with Gasteiger partial charge in [-0.1, -0.05) is 18.2 Å². The number of aliphatic hydroxyl groups excluding tert-OH is 2. The fraction of sp³-hybridized carbons (Fsp3) is 0.200. The molecule has 0 fully saturated rings. The van der Waals surface area contributed by atoms with Crippen LogP contribution in [-0.2, 0) is 6.42 Å². The van der Waals surface area contributed by atoms with Crippen molar-refractivity contribution in [1.82, 2.24) is 0 Å². The summed E-state index contributed by atoms with van der Waals surface area (Å²) in [6.45, 7) is 0. The maximum absolute atomic E-state index is 11.7. The van der Waals surface area contributed by atoms with Crippen molar-refractivity contribution in [2.45, 2.75) is 36.8 Å². The van der Waals surface area contributed by atoms with E-state index in [1.54, 1.807) is 12.1 Å². The van der Waals surface area contributed by atoms with Gasteiger partial charge in [-0.3, -0.25) is 0 Å². The second kappa shape index (κ2) is 9.58. The summed E-state index contributed by atoms with van der Waals surface area (Å²) in [4.78, 5) is 0. The zero-order valence-electron chi connectivity index (χ0n) is 21.2. The van der Waals surface area contributed by atoms with Crippen LogP contribution >= 0.6 is 0 Å². The second-order valence-electron chi connectivity index (χ2n) is 10.2. The zero-order chi connectivity index (χ0) is 29.2. The molecule has 0 amide bonds. The lowest BCUT2D eigenvalue weighted by molar-refractivity contribution is 0.00190. The van der Waals surface area contributed by atoms with E-state index in [0.717, 1.165) is 18.2 Å². The molecule has 4 aromatic rings. The summed E-state index contributed by atoms with van der Waals surface area (Å²) in [5, 5.41) is 94.4. The van der Waals surface area contributed by atoms with E-state index in [1.807, 2.05) is 0 Å². The van der Waals surface area contributed by atoms with E-state index >= 15 is 0 Å². The number of rotatable bonds is 3. The Kier molecular flexibility index (Phi) is 6.13. The van der Waals surface area contributed by atoms with Crippen LogP contribution in [0.5, 0.6) is 51.7 Å². The van der Waals surface area contributed by atoms with E-state index in [1.165, 1.54) is 30.3 Å². The predicted octanol–water partition coefficient (Wildman–Crippen LogP) is 3.29. The fourth-order valence-electron chi connectivity index (χ4n) is 5.63. The van der Waals surface area contributed by atoms with E-state index in [-0.39, 0.29) is 51.9 Å². The number of aromatic hydroxyl groups is 7. The number of hydrogen-bond donors (Lipinski definition) is 9. The molecule has 11 heteroatoms. The van der Waals surface area contributed by atoms with Gasteiger partial charge < -0.3 is 55.4 Å². The number of ether oxygens (including phenoxy) is 2. The van der Waals surface area contributed by atoms with E-state index in [2.05, 4.69) is 0 Å². The molecule has 0 bridgehead atoms. The zero-order valence-corrected chi connectivity index (χ0v) is 21.2. The Morgan fingerprint density at radius 1 is 0.610 bits per heavy atom. The molecule has 0 radical (unpaired) electrons. The summed E-state index contributed by atoms with van der Waals surface area (Å²) in [7, 11) is 0. The maximum Gasteiger partial charge on any atom is 0.200 e. The summed E-state index contributed by atoms with van der Waals surface area (Å²) < 4.78 is 12.2. The van der Waals surface area contributed by atoms with Crippen molar-refractivity contribution in [2.24, 2.45) is 0 Å². The molecule has 2 aliphatic heterocycles. The smallest absolute Gasteiger partial charge is 0.200 e. The third kappa shape index (κ3) is 4.31. The molecule has 0 unspecified atom stereocenters. The van der Waals surface area contributed by atoms with E-state index in [0.29, 0.717) is 11.1 Å². The summed E-state index contributed by atoms with van der Waals surface area (Å²) in [6.07, 6.45) is -5.03. The molecule has 5 atom stereocenters. The first-order valence-electron chi connectivity index (χ1n) is 12.7. The molecule has 6 rings (SSSR count). The van der Waals surface area contributed by atoms with Crippen molar-refractivity contribution < 1.29 is 55.4 Å². The van der Waals surface area contributed by atoms with Gasteiger partial charge in [0.1, 0.15) is 40.6 Å². The highest BCUT2D eigenvalue weighted by Crippen LogP contribution is 2.55. The van der Waals surface area contributed by atoms with Crippen LogP contribution in [0.25, 0.3) is 0 Å². The maximum atomic E-state index is 11.7. The molecule has 11 nitrogen and oxygen atoms in total. The van der Waals surface area contributed by atoms with Crippen molar-refractivity contribution in [3.63, 3.8) is 0 Å². The Labute approximate surface area is 232 Å². The minimum Gasteiger partial charge on any atom is -0.508 e. The normalized spacial score (nSPS) is 23.1. The molecule has 212 valence electrons. The van der Waals surface area contributed by atoms with Gasteiger partial charge in [-0.05, 0) is 35.9 Å². The number of fused-ring (bicyclic) bond motifs is 2. The van der Waals surface area contributed by atoms with E-state index in [4.69, 9.17) is 9.47 Å². The molecule has 2 heterocycles. The van der Waals surface area contributed by atoms with Crippen LogP contribution in [0.2, 0.25) is 0 Å². The van der Waals surface area contributed by atoms with Gasteiger partial charge in [0, 0.05) is 46.7 Å². The lowest BCUT2D eigenvalue weighted by Gasteiger charge is -2.40. The average Bonchev–Trinajstić information content (AvgIpc) is 2.93. The van der Waals surface area contributed by atoms with Crippen LogP contribution in [0.4, 0.5) is 0 Å².